The fraction of sp³-hybridized carbons (Fsp3) is 0.526. The van der Waals surface area contributed by atoms with Crippen LogP contribution in [0.25, 0.3) is 0 Å². The zero-order valence-electron chi connectivity index (χ0n) is 16.5. The van der Waals surface area contributed by atoms with E-state index in [4.69, 9.17) is 15.3 Å². The molecular weight excluding hydrogens is 393 g/mol. The number of carbonyl (C=O) groups is 2. The number of aliphatic carboxylic acids is 1. The first-order valence-corrected chi connectivity index (χ1v) is 9.04. The van der Waals surface area contributed by atoms with Gasteiger partial charge < -0.3 is 19.8 Å². The Balaban J connectivity index is 2.82. The predicted octanol–water partition coefficient (Wildman–Crippen LogP) is 3.37. The van der Waals surface area contributed by atoms with E-state index >= 15 is 0 Å². The van der Waals surface area contributed by atoms with Crippen molar-refractivity contribution in [2.45, 2.75) is 51.7 Å². The van der Waals surface area contributed by atoms with Crippen LogP contribution in [0.1, 0.15) is 44.2 Å². The smallest absolute Gasteiger partial charge is 0.433 e. The van der Waals surface area contributed by atoms with Gasteiger partial charge in [-0.1, -0.05) is 13.3 Å². The summed E-state index contributed by atoms with van der Waals surface area (Å²) in [7, 11) is 1.38. The van der Waals surface area contributed by atoms with E-state index < -0.39 is 35.2 Å². The highest BCUT2D eigenvalue weighted by atomic mass is 19.4. The van der Waals surface area contributed by atoms with Crippen LogP contribution in [0.3, 0.4) is 0 Å². The van der Waals surface area contributed by atoms with E-state index in [1.165, 1.54) is 20.0 Å². The number of alkyl halides is 3. The maximum absolute atomic E-state index is 12.8. The number of rotatable bonds is 10. The van der Waals surface area contributed by atoms with Gasteiger partial charge in [0, 0.05) is 24.6 Å². The maximum Gasteiger partial charge on any atom is 0.433 e. The third-order valence-corrected chi connectivity index (χ3v) is 4.42. The molecule has 1 aromatic carbocycles. The number of phenols is 1. The standard InChI is InChI=1S/C19H25F3N2O5/c1-4-6-12-14(9-8-13(16(12)26)17(23)19(20,21)22)29-10-5-7-15(25)24(3)11(2)18(27)28/h8-9,11,23,26H,4-7,10H2,1-3H3,(H,27,28)/t11-/m0/s1. The number of ether oxygens (including phenoxy) is 1. The molecule has 1 amide bonds. The summed E-state index contributed by atoms with van der Waals surface area (Å²) in [6.07, 6.45) is -3.83. The number of hydrogen-bond donors (Lipinski definition) is 3. The second kappa shape index (κ2) is 10.1. The molecule has 0 fully saturated rings. The number of carbonyl (C=O) groups excluding carboxylic acids is 1. The van der Waals surface area contributed by atoms with E-state index in [-0.39, 0.29) is 43.1 Å². The van der Waals surface area contributed by atoms with E-state index in [0.717, 1.165) is 11.0 Å². The summed E-state index contributed by atoms with van der Waals surface area (Å²) in [6, 6.07) is 1.28. The molecule has 0 spiro atoms. The van der Waals surface area contributed by atoms with E-state index in [9.17, 15) is 27.9 Å². The van der Waals surface area contributed by atoms with E-state index in [2.05, 4.69) is 0 Å². The summed E-state index contributed by atoms with van der Waals surface area (Å²) in [5.74, 6) is -1.96. The van der Waals surface area contributed by atoms with Crippen molar-refractivity contribution in [1.29, 1.82) is 5.41 Å². The molecule has 162 valence electrons. The van der Waals surface area contributed by atoms with Gasteiger partial charge in [-0.3, -0.25) is 10.2 Å². The minimum absolute atomic E-state index is 0.0278. The summed E-state index contributed by atoms with van der Waals surface area (Å²) in [5.41, 5.74) is -2.09. The lowest BCUT2D eigenvalue weighted by atomic mass is 10.00. The highest BCUT2D eigenvalue weighted by molar-refractivity contribution is 6.04. The molecule has 0 aliphatic heterocycles. The first-order valence-electron chi connectivity index (χ1n) is 9.04. The normalized spacial score (nSPS) is 12.3. The fourth-order valence-electron chi connectivity index (χ4n) is 2.56. The molecule has 0 bridgehead atoms. The second-order valence-electron chi connectivity index (χ2n) is 6.53. The van der Waals surface area contributed by atoms with E-state index in [1.807, 2.05) is 0 Å². The number of nitrogens with one attached hydrogen (secondary N) is 1. The lowest BCUT2D eigenvalue weighted by molar-refractivity contribution is -0.148. The highest BCUT2D eigenvalue weighted by Gasteiger charge is 2.37. The van der Waals surface area contributed by atoms with E-state index in [1.54, 1.807) is 6.92 Å². The van der Waals surface area contributed by atoms with Gasteiger partial charge in [0.2, 0.25) is 5.91 Å². The monoisotopic (exact) mass is 418 g/mol. The topological polar surface area (TPSA) is 111 Å². The van der Waals surface area contributed by atoms with Gasteiger partial charge >= 0.3 is 12.1 Å². The summed E-state index contributed by atoms with van der Waals surface area (Å²) in [5, 5.41) is 26.4. The second-order valence-corrected chi connectivity index (χ2v) is 6.53. The third-order valence-electron chi connectivity index (χ3n) is 4.42. The zero-order valence-corrected chi connectivity index (χ0v) is 16.5. The van der Waals surface area contributed by atoms with Crippen LogP contribution in [0.2, 0.25) is 0 Å². The van der Waals surface area contributed by atoms with Crippen molar-refractivity contribution in [1.82, 2.24) is 4.90 Å². The molecule has 1 atom stereocenters. The largest absolute Gasteiger partial charge is 0.507 e. The summed E-state index contributed by atoms with van der Waals surface area (Å²) in [4.78, 5) is 24.0. The van der Waals surface area contributed by atoms with Crippen LogP contribution in [-0.2, 0) is 16.0 Å². The Hall–Kier alpha value is -2.78. The van der Waals surface area contributed by atoms with Crippen LogP contribution < -0.4 is 4.74 Å². The molecule has 1 rings (SSSR count). The van der Waals surface area contributed by atoms with Crippen molar-refractivity contribution in [3.63, 3.8) is 0 Å². The fourth-order valence-corrected chi connectivity index (χ4v) is 2.56. The van der Waals surface area contributed by atoms with Crippen molar-refractivity contribution in [3.8, 4) is 11.5 Å². The molecule has 0 aliphatic carbocycles. The minimum Gasteiger partial charge on any atom is -0.507 e. The first kappa shape index (κ1) is 24.3. The molecule has 0 radical (unpaired) electrons. The van der Waals surface area contributed by atoms with Crippen LogP contribution in [-0.4, -0.2) is 58.6 Å². The molecule has 0 unspecified atom stereocenters. The van der Waals surface area contributed by atoms with Gasteiger partial charge in [0.05, 0.1) is 6.61 Å². The average molecular weight is 418 g/mol. The lowest BCUT2D eigenvalue weighted by Crippen LogP contribution is -2.40. The van der Waals surface area contributed by atoms with Crippen molar-refractivity contribution in [2.75, 3.05) is 13.7 Å². The Morgan fingerprint density at radius 1 is 1.31 bits per heavy atom. The zero-order chi connectivity index (χ0) is 22.4. The van der Waals surface area contributed by atoms with Gasteiger partial charge in [-0.05, 0) is 31.9 Å². The Morgan fingerprint density at radius 2 is 1.93 bits per heavy atom. The molecular formula is C19H25F3N2O5. The predicted molar refractivity (Wildman–Crippen MR) is 99.6 cm³/mol. The number of halogens is 3. The molecule has 1 aromatic rings. The summed E-state index contributed by atoms with van der Waals surface area (Å²) < 4.78 is 43.9. The van der Waals surface area contributed by atoms with Crippen molar-refractivity contribution < 1.29 is 37.7 Å². The van der Waals surface area contributed by atoms with Crippen molar-refractivity contribution in [2.24, 2.45) is 0 Å². The number of carboxylic acids is 1. The van der Waals surface area contributed by atoms with Crippen LogP contribution in [0.4, 0.5) is 13.2 Å². The van der Waals surface area contributed by atoms with Gasteiger partial charge in [-0.25, -0.2) is 4.79 Å². The van der Waals surface area contributed by atoms with Gasteiger partial charge in [-0.2, -0.15) is 13.2 Å². The number of phenolic OH excluding ortho intramolecular Hbond substituents is 1. The van der Waals surface area contributed by atoms with Crippen molar-refractivity contribution in [3.05, 3.63) is 23.3 Å². The number of carboxylic acid groups (broad SMARTS) is 1. The number of amides is 1. The molecule has 0 heterocycles. The number of hydrogen-bond acceptors (Lipinski definition) is 5. The molecule has 3 N–H and O–H groups in total. The van der Waals surface area contributed by atoms with Crippen LogP contribution in [0.15, 0.2) is 12.1 Å². The summed E-state index contributed by atoms with van der Waals surface area (Å²) in [6.45, 7) is 3.22. The molecule has 7 nitrogen and oxygen atoms in total. The van der Waals surface area contributed by atoms with Gasteiger partial charge in [0.15, 0.2) is 0 Å². The first-order chi connectivity index (χ1) is 13.4. The Bertz CT molecular complexity index is 765. The summed E-state index contributed by atoms with van der Waals surface area (Å²) >= 11 is 0. The average Bonchev–Trinajstić information content (AvgIpc) is 2.64. The number of nitrogens with zero attached hydrogens (tertiary/aromatic N) is 1. The Labute approximate surface area is 166 Å². The molecule has 29 heavy (non-hydrogen) atoms. The van der Waals surface area contributed by atoms with Gasteiger partial charge in [0.1, 0.15) is 23.3 Å². The Morgan fingerprint density at radius 3 is 2.45 bits per heavy atom. The number of aromatic hydroxyl groups is 1. The SMILES string of the molecule is CCCc1c(OCCCC(=O)N(C)[C@@H](C)C(=O)O)ccc(C(=N)C(F)(F)F)c1O. The molecule has 0 saturated heterocycles. The quantitative estimate of drug-likeness (QED) is 0.399. The highest BCUT2D eigenvalue weighted by Crippen LogP contribution is 2.35. The van der Waals surface area contributed by atoms with Crippen molar-refractivity contribution >= 4 is 17.6 Å². The van der Waals surface area contributed by atoms with Crippen LogP contribution in [0.5, 0.6) is 11.5 Å². The van der Waals surface area contributed by atoms with Gasteiger partial charge in [0.25, 0.3) is 0 Å². The molecule has 0 aliphatic rings. The lowest BCUT2D eigenvalue weighted by Gasteiger charge is -2.21. The minimum atomic E-state index is -4.89. The van der Waals surface area contributed by atoms with E-state index in [0.29, 0.717) is 6.42 Å². The Kier molecular flexibility index (Phi) is 8.47. The van der Waals surface area contributed by atoms with Gasteiger partial charge in [-0.15, -0.1) is 0 Å². The molecule has 0 saturated carbocycles. The number of benzene rings is 1. The van der Waals surface area contributed by atoms with Crippen LogP contribution >= 0.6 is 0 Å². The third kappa shape index (κ3) is 6.37. The number of likely N-dealkylation sites (N-methyl/N-ethyl adjacent to an activating group) is 1. The molecule has 0 aromatic heterocycles. The maximum atomic E-state index is 12.8. The molecule has 10 heteroatoms. The van der Waals surface area contributed by atoms with Crippen LogP contribution in [0, 0.1) is 5.41 Å².